The number of nitrogens with zero attached hydrogens (tertiary/aromatic N) is 1. The van der Waals surface area contributed by atoms with Gasteiger partial charge in [-0.25, -0.2) is 8.42 Å². The van der Waals surface area contributed by atoms with Crippen LogP contribution in [0.25, 0.3) is 0 Å². The molecule has 0 saturated heterocycles. The summed E-state index contributed by atoms with van der Waals surface area (Å²) in [5.41, 5.74) is 11.3. The first-order chi connectivity index (χ1) is 9.35. The highest BCUT2D eigenvalue weighted by molar-refractivity contribution is 8.00. The summed E-state index contributed by atoms with van der Waals surface area (Å²) in [5.74, 6) is -0.286. The summed E-state index contributed by atoms with van der Waals surface area (Å²) in [6.45, 7) is 1.64. The molecule has 4 N–H and O–H groups in total. The second kappa shape index (κ2) is 7.51. The minimum Gasteiger partial charge on any atom is -0.399 e. The lowest BCUT2D eigenvalue weighted by Crippen LogP contribution is -2.39. The Morgan fingerprint density at radius 3 is 2.40 bits per heavy atom. The van der Waals surface area contributed by atoms with Gasteiger partial charge < -0.3 is 11.5 Å². The molecule has 1 amide bonds. The standard InChI is InChI=1S/C12H19N3O3S2/c1-2-15(9-12(14)16)20(17,18)8-7-19-11-5-3-10(13)4-6-11/h3-6H,2,7-9,13H2,1H3,(H2,14,16). The third-order valence-electron chi connectivity index (χ3n) is 2.57. The van der Waals surface area contributed by atoms with Gasteiger partial charge in [0, 0.05) is 22.9 Å². The van der Waals surface area contributed by atoms with Crippen molar-refractivity contribution in [3.8, 4) is 0 Å². The van der Waals surface area contributed by atoms with Crippen LogP contribution in [0.5, 0.6) is 0 Å². The SMILES string of the molecule is CCN(CC(N)=O)S(=O)(=O)CCSc1ccc(N)cc1. The van der Waals surface area contributed by atoms with Gasteiger partial charge in [0.05, 0.1) is 12.3 Å². The van der Waals surface area contributed by atoms with Crippen molar-refractivity contribution in [3.63, 3.8) is 0 Å². The third kappa shape index (κ3) is 5.40. The van der Waals surface area contributed by atoms with Gasteiger partial charge >= 0.3 is 0 Å². The molecule has 0 aliphatic heterocycles. The van der Waals surface area contributed by atoms with E-state index in [1.54, 1.807) is 19.1 Å². The van der Waals surface area contributed by atoms with E-state index < -0.39 is 15.9 Å². The van der Waals surface area contributed by atoms with E-state index in [4.69, 9.17) is 11.5 Å². The van der Waals surface area contributed by atoms with Crippen LogP contribution in [-0.4, -0.2) is 43.2 Å². The molecule has 1 aromatic carbocycles. The molecule has 0 spiro atoms. The van der Waals surface area contributed by atoms with Gasteiger partial charge in [-0.05, 0) is 24.3 Å². The van der Waals surface area contributed by atoms with E-state index in [-0.39, 0.29) is 18.8 Å². The number of sulfonamides is 1. The fourth-order valence-electron chi connectivity index (χ4n) is 1.54. The summed E-state index contributed by atoms with van der Waals surface area (Å²) in [6, 6.07) is 7.21. The van der Waals surface area contributed by atoms with E-state index in [1.165, 1.54) is 11.8 Å². The molecule has 20 heavy (non-hydrogen) atoms. The number of carbonyl (C=O) groups excluding carboxylic acids is 1. The van der Waals surface area contributed by atoms with Gasteiger partial charge in [-0.2, -0.15) is 4.31 Å². The van der Waals surface area contributed by atoms with Gasteiger partial charge in [-0.1, -0.05) is 6.92 Å². The minimum absolute atomic E-state index is 0.0385. The molecule has 0 unspecified atom stereocenters. The van der Waals surface area contributed by atoms with Crippen LogP contribution in [0.2, 0.25) is 0 Å². The lowest BCUT2D eigenvalue weighted by atomic mass is 10.3. The van der Waals surface area contributed by atoms with Crippen LogP contribution in [0.3, 0.4) is 0 Å². The van der Waals surface area contributed by atoms with Gasteiger partial charge in [0.15, 0.2) is 0 Å². The maximum absolute atomic E-state index is 12.0. The van der Waals surface area contributed by atoms with Gasteiger partial charge in [-0.3, -0.25) is 4.79 Å². The molecule has 0 bridgehead atoms. The topological polar surface area (TPSA) is 106 Å². The normalized spacial score (nSPS) is 11.7. The van der Waals surface area contributed by atoms with Crippen molar-refractivity contribution < 1.29 is 13.2 Å². The number of carbonyl (C=O) groups is 1. The molecular formula is C12H19N3O3S2. The Morgan fingerprint density at radius 1 is 1.30 bits per heavy atom. The summed E-state index contributed by atoms with van der Waals surface area (Å²) >= 11 is 1.43. The van der Waals surface area contributed by atoms with E-state index in [0.29, 0.717) is 11.4 Å². The highest BCUT2D eigenvalue weighted by atomic mass is 32.2. The van der Waals surface area contributed by atoms with Crippen LogP contribution in [-0.2, 0) is 14.8 Å². The molecule has 112 valence electrons. The largest absolute Gasteiger partial charge is 0.399 e. The maximum Gasteiger partial charge on any atom is 0.232 e. The zero-order chi connectivity index (χ0) is 15.2. The van der Waals surface area contributed by atoms with Gasteiger partial charge in [0.1, 0.15) is 0 Å². The Bertz CT molecular complexity index is 544. The lowest BCUT2D eigenvalue weighted by molar-refractivity contribution is -0.118. The number of thioether (sulfide) groups is 1. The van der Waals surface area contributed by atoms with E-state index in [1.807, 2.05) is 12.1 Å². The summed E-state index contributed by atoms with van der Waals surface area (Å²) in [5, 5.41) is 0. The van der Waals surface area contributed by atoms with Crippen LogP contribution >= 0.6 is 11.8 Å². The monoisotopic (exact) mass is 317 g/mol. The second-order valence-corrected chi connectivity index (χ2v) is 7.38. The lowest BCUT2D eigenvalue weighted by Gasteiger charge is -2.18. The number of likely N-dealkylation sites (N-methyl/N-ethyl adjacent to an activating group) is 1. The van der Waals surface area contributed by atoms with Crippen LogP contribution < -0.4 is 11.5 Å². The number of rotatable bonds is 8. The second-order valence-electron chi connectivity index (χ2n) is 4.13. The molecule has 0 aliphatic carbocycles. The fourth-order valence-corrected chi connectivity index (χ4v) is 4.25. The van der Waals surface area contributed by atoms with Crippen molar-refractivity contribution in [2.75, 3.05) is 30.3 Å². The third-order valence-corrected chi connectivity index (χ3v) is 5.73. The molecule has 0 aliphatic rings. The number of nitrogen functional groups attached to an aromatic ring is 1. The number of hydrogen-bond donors (Lipinski definition) is 2. The Labute approximate surface area is 123 Å². The van der Waals surface area contributed by atoms with Gasteiger partial charge in [0.25, 0.3) is 0 Å². The number of amides is 1. The Morgan fingerprint density at radius 2 is 1.90 bits per heavy atom. The summed E-state index contributed by atoms with van der Waals surface area (Å²) < 4.78 is 25.1. The van der Waals surface area contributed by atoms with Crippen molar-refractivity contribution in [1.29, 1.82) is 0 Å². The van der Waals surface area contributed by atoms with Crippen LogP contribution in [0, 0.1) is 0 Å². The van der Waals surface area contributed by atoms with E-state index in [9.17, 15) is 13.2 Å². The highest BCUT2D eigenvalue weighted by Crippen LogP contribution is 2.19. The summed E-state index contributed by atoms with van der Waals surface area (Å²) in [6.07, 6.45) is 0. The minimum atomic E-state index is -3.46. The molecule has 1 aromatic rings. The molecular weight excluding hydrogens is 298 g/mol. The molecule has 6 nitrogen and oxygen atoms in total. The first-order valence-corrected chi connectivity index (χ1v) is 8.69. The Hall–Kier alpha value is -1.25. The maximum atomic E-state index is 12.0. The zero-order valence-corrected chi connectivity index (χ0v) is 12.9. The number of anilines is 1. The number of hydrogen-bond acceptors (Lipinski definition) is 5. The van der Waals surface area contributed by atoms with E-state index in [2.05, 4.69) is 0 Å². The van der Waals surface area contributed by atoms with E-state index in [0.717, 1.165) is 9.20 Å². The Kier molecular flexibility index (Phi) is 6.31. The van der Waals surface area contributed by atoms with Crippen LogP contribution in [0.1, 0.15) is 6.92 Å². The van der Waals surface area contributed by atoms with E-state index >= 15 is 0 Å². The molecule has 0 radical (unpaired) electrons. The van der Waals surface area contributed by atoms with Crippen molar-refractivity contribution in [3.05, 3.63) is 24.3 Å². The first-order valence-electron chi connectivity index (χ1n) is 6.09. The fraction of sp³-hybridized carbons (Fsp3) is 0.417. The number of benzene rings is 1. The van der Waals surface area contributed by atoms with Gasteiger partial charge in [0.2, 0.25) is 15.9 Å². The van der Waals surface area contributed by atoms with Gasteiger partial charge in [-0.15, -0.1) is 11.8 Å². The predicted molar refractivity (Wildman–Crippen MR) is 81.8 cm³/mol. The average Bonchev–Trinajstić information content (AvgIpc) is 2.37. The zero-order valence-electron chi connectivity index (χ0n) is 11.3. The molecule has 0 heterocycles. The van der Waals surface area contributed by atoms with Crippen molar-refractivity contribution >= 4 is 33.4 Å². The summed E-state index contributed by atoms with van der Waals surface area (Å²) in [7, 11) is -3.46. The molecule has 8 heteroatoms. The Balaban J connectivity index is 2.54. The highest BCUT2D eigenvalue weighted by Gasteiger charge is 2.21. The van der Waals surface area contributed by atoms with Crippen LogP contribution in [0.4, 0.5) is 5.69 Å². The van der Waals surface area contributed by atoms with Crippen molar-refractivity contribution in [2.45, 2.75) is 11.8 Å². The smallest absolute Gasteiger partial charge is 0.232 e. The average molecular weight is 317 g/mol. The van der Waals surface area contributed by atoms with Crippen LogP contribution in [0.15, 0.2) is 29.2 Å². The molecule has 0 saturated carbocycles. The molecule has 0 fully saturated rings. The number of nitrogens with two attached hydrogens (primary N) is 2. The summed E-state index contributed by atoms with van der Waals surface area (Å²) in [4.78, 5) is 11.8. The molecule has 0 aromatic heterocycles. The molecule has 0 atom stereocenters. The predicted octanol–water partition coefficient (Wildman–Crippen LogP) is 0.498. The van der Waals surface area contributed by atoms with Crippen molar-refractivity contribution in [1.82, 2.24) is 4.31 Å². The van der Waals surface area contributed by atoms with Crippen molar-refractivity contribution in [2.24, 2.45) is 5.73 Å². The number of primary amides is 1. The first kappa shape index (κ1) is 16.8. The quantitative estimate of drug-likeness (QED) is 0.536. The molecule has 1 rings (SSSR count).